The van der Waals surface area contributed by atoms with E-state index in [4.69, 9.17) is 15.2 Å². The summed E-state index contributed by atoms with van der Waals surface area (Å²) in [6.45, 7) is 1.87. The third kappa shape index (κ3) is 5.32. The van der Waals surface area contributed by atoms with Crippen LogP contribution in [0.1, 0.15) is 24.1 Å². The topological polar surface area (TPSA) is 90.7 Å². The lowest BCUT2D eigenvalue weighted by molar-refractivity contribution is -0.135. The molecule has 0 aliphatic heterocycles. The Morgan fingerprint density at radius 2 is 1.84 bits per heavy atom. The number of methoxy groups -OCH3 is 1. The lowest BCUT2D eigenvalue weighted by Gasteiger charge is -2.19. The maximum absolute atomic E-state index is 12.3. The zero-order valence-corrected chi connectivity index (χ0v) is 14.3. The molecule has 2 atom stereocenters. The van der Waals surface area contributed by atoms with Crippen LogP contribution in [0.5, 0.6) is 5.75 Å². The van der Waals surface area contributed by atoms with E-state index in [9.17, 15) is 9.59 Å². The van der Waals surface area contributed by atoms with Gasteiger partial charge in [-0.2, -0.15) is 0 Å². The summed E-state index contributed by atoms with van der Waals surface area (Å²) in [7, 11) is 1.59. The van der Waals surface area contributed by atoms with Gasteiger partial charge in [-0.05, 0) is 30.2 Å². The maximum Gasteiger partial charge on any atom is 0.249 e. The second kappa shape index (κ2) is 8.84. The molecule has 0 radical (unpaired) electrons. The Labute approximate surface area is 146 Å². The van der Waals surface area contributed by atoms with E-state index in [0.717, 1.165) is 11.3 Å². The molecule has 0 aliphatic carbocycles. The minimum Gasteiger partial charge on any atom is -0.497 e. The van der Waals surface area contributed by atoms with Crippen LogP contribution in [0.4, 0.5) is 0 Å². The first-order chi connectivity index (χ1) is 12.0. The van der Waals surface area contributed by atoms with Crippen LogP contribution in [0.2, 0.25) is 0 Å². The van der Waals surface area contributed by atoms with Gasteiger partial charge in [0.1, 0.15) is 17.9 Å². The van der Waals surface area contributed by atoms with Crippen molar-refractivity contribution in [1.29, 1.82) is 0 Å². The van der Waals surface area contributed by atoms with Crippen molar-refractivity contribution in [2.24, 2.45) is 5.73 Å². The lowest BCUT2D eigenvalue weighted by Crippen LogP contribution is -2.42. The smallest absolute Gasteiger partial charge is 0.249 e. The molecule has 2 aromatic carbocycles. The predicted molar refractivity (Wildman–Crippen MR) is 93.8 cm³/mol. The monoisotopic (exact) mass is 342 g/mol. The van der Waals surface area contributed by atoms with Gasteiger partial charge in [-0.3, -0.25) is 9.59 Å². The van der Waals surface area contributed by atoms with Gasteiger partial charge in [0.25, 0.3) is 0 Å². The summed E-state index contributed by atoms with van der Waals surface area (Å²) in [6.07, 6.45) is -0.739. The Morgan fingerprint density at radius 3 is 2.48 bits per heavy atom. The van der Waals surface area contributed by atoms with E-state index in [-0.39, 0.29) is 6.61 Å². The number of nitrogens with one attached hydrogen (secondary N) is 1. The molecule has 0 spiro atoms. The van der Waals surface area contributed by atoms with Crippen LogP contribution in [0.3, 0.4) is 0 Å². The van der Waals surface area contributed by atoms with E-state index in [1.807, 2.05) is 30.3 Å². The van der Waals surface area contributed by atoms with Gasteiger partial charge in [0, 0.05) is 0 Å². The number of carbonyl (C=O) groups is 2. The first-order valence-corrected chi connectivity index (χ1v) is 7.90. The molecule has 0 saturated heterocycles. The van der Waals surface area contributed by atoms with Crippen LogP contribution in [0, 0.1) is 0 Å². The number of carbonyl (C=O) groups excluding carboxylic acids is 2. The number of ether oxygens (including phenoxy) is 2. The number of primary amides is 1. The fraction of sp³-hybridized carbons (Fsp3) is 0.263. The van der Waals surface area contributed by atoms with E-state index in [2.05, 4.69) is 5.32 Å². The van der Waals surface area contributed by atoms with Gasteiger partial charge in [0.15, 0.2) is 0 Å². The molecule has 0 saturated carbocycles. The molecule has 0 unspecified atom stereocenters. The third-order valence-corrected chi connectivity index (χ3v) is 3.71. The largest absolute Gasteiger partial charge is 0.497 e. The quantitative estimate of drug-likeness (QED) is 0.767. The average molecular weight is 342 g/mol. The van der Waals surface area contributed by atoms with E-state index in [0.29, 0.717) is 5.56 Å². The zero-order valence-electron chi connectivity index (χ0n) is 14.3. The van der Waals surface area contributed by atoms with E-state index in [1.165, 1.54) is 0 Å². The van der Waals surface area contributed by atoms with Crippen molar-refractivity contribution in [3.05, 3.63) is 65.7 Å². The summed E-state index contributed by atoms with van der Waals surface area (Å²) >= 11 is 0. The standard InChI is InChI=1S/C19H22N2O4/c1-13(25-12-14-7-6-10-16(11-14)24-2)19(23)21-17(18(20)22)15-8-4-3-5-9-15/h3-11,13,17H,12H2,1-2H3,(H2,20,22)(H,21,23)/t13-,17-/m1/s1. The minimum absolute atomic E-state index is 0.248. The van der Waals surface area contributed by atoms with Crippen LogP contribution >= 0.6 is 0 Å². The van der Waals surface area contributed by atoms with Crippen LogP contribution in [0.25, 0.3) is 0 Å². The number of benzene rings is 2. The molecular formula is C19H22N2O4. The van der Waals surface area contributed by atoms with Gasteiger partial charge in [-0.15, -0.1) is 0 Å². The van der Waals surface area contributed by atoms with E-state index >= 15 is 0 Å². The van der Waals surface area contributed by atoms with Crippen molar-refractivity contribution in [2.45, 2.75) is 25.7 Å². The van der Waals surface area contributed by atoms with Gasteiger partial charge in [-0.25, -0.2) is 0 Å². The first kappa shape index (κ1) is 18.5. The van der Waals surface area contributed by atoms with Gasteiger partial charge in [0.2, 0.25) is 11.8 Å². The van der Waals surface area contributed by atoms with Crippen LogP contribution < -0.4 is 15.8 Å². The Morgan fingerprint density at radius 1 is 1.12 bits per heavy atom. The van der Waals surface area contributed by atoms with E-state index in [1.54, 1.807) is 38.3 Å². The van der Waals surface area contributed by atoms with Crippen molar-refractivity contribution in [2.75, 3.05) is 7.11 Å². The van der Waals surface area contributed by atoms with Gasteiger partial charge < -0.3 is 20.5 Å². The number of amides is 2. The molecule has 2 rings (SSSR count). The highest BCUT2D eigenvalue weighted by atomic mass is 16.5. The molecule has 0 heterocycles. The highest BCUT2D eigenvalue weighted by Gasteiger charge is 2.23. The van der Waals surface area contributed by atoms with Crippen molar-refractivity contribution in [1.82, 2.24) is 5.32 Å². The number of hydrogen-bond acceptors (Lipinski definition) is 4. The van der Waals surface area contributed by atoms with Crippen molar-refractivity contribution in [3.8, 4) is 5.75 Å². The van der Waals surface area contributed by atoms with Crippen LogP contribution in [-0.4, -0.2) is 25.0 Å². The summed E-state index contributed by atoms with van der Waals surface area (Å²) in [4.78, 5) is 24.0. The first-order valence-electron chi connectivity index (χ1n) is 7.90. The molecule has 6 heteroatoms. The fourth-order valence-corrected chi connectivity index (χ4v) is 2.28. The molecule has 25 heavy (non-hydrogen) atoms. The highest BCUT2D eigenvalue weighted by Crippen LogP contribution is 2.15. The summed E-state index contributed by atoms with van der Waals surface area (Å²) in [5.74, 6) is -0.314. The zero-order chi connectivity index (χ0) is 18.2. The molecule has 3 N–H and O–H groups in total. The summed E-state index contributed by atoms with van der Waals surface area (Å²) in [6, 6.07) is 15.3. The molecule has 0 aromatic heterocycles. The summed E-state index contributed by atoms with van der Waals surface area (Å²) < 4.78 is 10.7. The molecular weight excluding hydrogens is 320 g/mol. The normalized spacial score (nSPS) is 12.9. The Balaban J connectivity index is 1.95. The van der Waals surface area contributed by atoms with Gasteiger partial charge in [-0.1, -0.05) is 42.5 Å². The Hall–Kier alpha value is -2.86. The van der Waals surface area contributed by atoms with E-state index < -0.39 is 24.0 Å². The summed E-state index contributed by atoms with van der Waals surface area (Å²) in [5, 5.41) is 2.63. The molecule has 0 fully saturated rings. The average Bonchev–Trinajstić information content (AvgIpc) is 2.64. The van der Waals surface area contributed by atoms with Gasteiger partial charge in [0.05, 0.1) is 13.7 Å². The Kier molecular flexibility index (Phi) is 6.54. The maximum atomic E-state index is 12.3. The Bertz CT molecular complexity index is 718. The third-order valence-electron chi connectivity index (χ3n) is 3.71. The van der Waals surface area contributed by atoms with Crippen LogP contribution in [-0.2, 0) is 20.9 Å². The SMILES string of the molecule is COc1cccc(CO[C@H](C)C(=O)N[C@@H](C(N)=O)c2ccccc2)c1. The number of rotatable bonds is 8. The molecule has 0 bridgehead atoms. The fourth-order valence-electron chi connectivity index (χ4n) is 2.28. The minimum atomic E-state index is -0.892. The van der Waals surface area contributed by atoms with Gasteiger partial charge >= 0.3 is 0 Å². The van der Waals surface area contributed by atoms with Crippen LogP contribution in [0.15, 0.2) is 54.6 Å². The van der Waals surface area contributed by atoms with Crippen molar-refractivity contribution in [3.63, 3.8) is 0 Å². The molecule has 0 aliphatic rings. The number of hydrogen-bond donors (Lipinski definition) is 2. The predicted octanol–water partition coefficient (Wildman–Crippen LogP) is 1.94. The molecule has 2 aromatic rings. The second-order valence-electron chi connectivity index (χ2n) is 5.56. The van der Waals surface area contributed by atoms with Crippen molar-refractivity contribution >= 4 is 11.8 Å². The molecule has 132 valence electrons. The second-order valence-corrected chi connectivity index (χ2v) is 5.56. The number of nitrogens with two attached hydrogens (primary N) is 1. The highest BCUT2D eigenvalue weighted by molar-refractivity contribution is 5.89. The summed E-state index contributed by atoms with van der Waals surface area (Å²) in [5.41, 5.74) is 6.92. The molecule has 2 amide bonds. The lowest BCUT2D eigenvalue weighted by atomic mass is 10.1. The molecule has 6 nitrogen and oxygen atoms in total. The van der Waals surface area contributed by atoms with Crippen molar-refractivity contribution < 1.29 is 19.1 Å².